The van der Waals surface area contributed by atoms with E-state index in [4.69, 9.17) is 15.2 Å². The fraction of sp³-hybridized carbons (Fsp3) is 0.385. The largest absolute Gasteiger partial charge is 0.497 e. The first-order valence-electron chi connectivity index (χ1n) is 10.9. The number of amides is 1. The lowest BCUT2D eigenvalue weighted by molar-refractivity contribution is 0.0997. The highest BCUT2D eigenvalue weighted by atomic mass is 16.5. The van der Waals surface area contributed by atoms with Crippen LogP contribution in [0.4, 0.5) is 0 Å². The number of hydrogen-bond acceptors (Lipinski definition) is 4. The van der Waals surface area contributed by atoms with Crippen LogP contribution in [0.15, 0.2) is 42.6 Å². The zero-order valence-corrected chi connectivity index (χ0v) is 18.9. The van der Waals surface area contributed by atoms with Crippen molar-refractivity contribution in [3.8, 4) is 11.5 Å². The van der Waals surface area contributed by atoms with Gasteiger partial charge in [0.15, 0.2) is 0 Å². The number of nitrogens with zero attached hydrogens (tertiary/aromatic N) is 1. The molecule has 0 unspecified atom stereocenters. The zero-order chi connectivity index (χ0) is 22.4. The van der Waals surface area contributed by atoms with Gasteiger partial charge < -0.3 is 15.2 Å². The van der Waals surface area contributed by atoms with Crippen LogP contribution in [0.1, 0.15) is 60.2 Å². The number of carbonyl (C=O) groups is 1. The minimum absolute atomic E-state index is 0.362. The number of primary amides is 1. The molecular weight excluding hydrogens is 388 g/mol. The van der Waals surface area contributed by atoms with Crippen LogP contribution >= 0.6 is 0 Å². The minimum Gasteiger partial charge on any atom is -0.497 e. The number of fused-ring (bicyclic) bond motifs is 1. The highest BCUT2D eigenvalue weighted by Crippen LogP contribution is 2.29. The number of hydrogen-bond donors (Lipinski definition) is 1. The van der Waals surface area contributed by atoms with E-state index in [9.17, 15) is 4.79 Å². The molecule has 0 aliphatic rings. The monoisotopic (exact) mass is 420 g/mol. The fourth-order valence-electron chi connectivity index (χ4n) is 4.22. The van der Waals surface area contributed by atoms with Crippen molar-refractivity contribution < 1.29 is 14.3 Å². The van der Waals surface area contributed by atoms with Crippen molar-refractivity contribution >= 4 is 16.8 Å². The summed E-state index contributed by atoms with van der Waals surface area (Å²) < 4.78 is 10.9. The summed E-state index contributed by atoms with van der Waals surface area (Å²) in [6.45, 7) is 4.50. The molecule has 3 aromatic rings. The second kappa shape index (κ2) is 10.3. The van der Waals surface area contributed by atoms with Crippen LogP contribution in [0.3, 0.4) is 0 Å². The van der Waals surface area contributed by atoms with Gasteiger partial charge in [0.2, 0.25) is 0 Å². The standard InChI is InChI=1S/C26H32N2O3/c1-5-7-17(6-2)10-18-11-19(14-21(13-18)30-3)12-20-8-9-28-24-16-25(31-4)23(26(27)29)15-22(20)24/h8-9,11,13-17H,5-7,10,12H2,1-4H3,(H2,27,29)/t17-/m0/s1. The molecular formula is C26H32N2O3. The van der Waals surface area contributed by atoms with Gasteiger partial charge in [0.1, 0.15) is 11.5 Å². The van der Waals surface area contributed by atoms with Crippen LogP contribution in [0.5, 0.6) is 11.5 Å². The molecule has 0 aliphatic heterocycles. The molecule has 2 aromatic carbocycles. The van der Waals surface area contributed by atoms with Crippen LogP contribution < -0.4 is 15.2 Å². The number of methoxy groups -OCH3 is 2. The van der Waals surface area contributed by atoms with Gasteiger partial charge in [-0.3, -0.25) is 9.78 Å². The average Bonchev–Trinajstić information content (AvgIpc) is 2.77. The van der Waals surface area contributed by atoms with Crippen LogP contribution in [0.25, 0.3) is 10.9 Å². The third kappa shape index (κ3) is 5.35. The Labute approximate surface area is 184 Å². The molecule has 5 nitrogen and oxygen atoms in total. The SMILES string of the molecule is CCC[C@H](CC)Cc1cc(Cc2ccnc3cc(OC)c(C(N)=O)cc23)cc(OC)c1. The molecule has 1 heterocycles. The van der Waals surface area contributed by atoms with Crippen molar-refractivity contribution in [3.63, 3.8) is 0 Å². The lowest BCUT2D eigenvalue weighted by Gasteiger charge is -2.16. The Balaban J connectivity index is 2.00. The highest BCUT2D eigenvalue weighted by molar-refractivity contribution is 6.00. The van der Waals surface area contributed by atoms with Gasteiger partial charge >= 0.3 is 0 Å². The van der Waals surface area contributed by atoms with E-state index in [2.05, 4.69) is 37.0 Å². The van der Waals surface area contributed by atoms with E-state index < -0.39 is 5.91 Å². The molecule has 0 saturated carbocycles. The molecule has 5 heteroatoms. The molecule has 0 fully saturated rings. The molecule has 1 amide bonds. The molecule has 3 rings (SSSR count). The maximum Gasteiger partial charge on any atom is 0.252 e. The van der Waals surface area contributed by atoms with Crippen molar-refractivity contribution in [1.29, 1.82) is 0 Å². The summed E-state index contributed by atoms with van der Waals surface area (Å²) in [4.78, 5) is 16.4. The summed E-state index contributed by atoms with van der Waals surface area (Å²) in [6, 6.07) is 12.0. The second-order valence-electron chi connectivity index (χ2n) is 8.04. The van der Waals surface area contributed by atoms with E-state index in [0.717, 1.165) is 28.6 Å². The zero-order valence-electron chi connectivity index (χ0n) is 18.9. The lowest BCUT2D eigenvalue weighted by atomic mass is 9.91. The molecule has 0 saturated heterocycles. The fourth-order valence-corrected chi connectivity index (χ4v) is 4.22. The van der Waals surface area contributed by atoms with Gasteiger partial charge in [-0.2, -0.15) is 0 Å². The molecule has 0 radical (unpaired) electrons. The van der Waals surface area contributed by atoms with E-state index in [-0.39, 0.29) is 0 Å². The van der Waals surface area contributed by atoms with E-state index >= 15 is 0 Å². The van der Waals surface area contributed by atoms with Crippen LogP contribution in [0.2, 0.25) is 0 Å². The van der Waals surface area contributed by atoms with E-state index in [1.54, 1.807) is 25.4 Å². The van der Waals surface area contributed by atoms with Gasteiger partial charge in [-0.05, 0) is 59.7 Å². The number of rotatable bonds is 10. The first-order chi connectivity index (χ1) is 15.0. The topological polar surface area (TPSA) is 74.4 Å². The molecule has 0 spiro atoms. The lowest BCUT2D eigenvalue weighted by Crippen LogP contribution is -2.12. The maximum absolute atomic E-state index is 11.9. The Morgan fingerprint density at radius 1 is 1.06 bits per heavy atom. The number of benzene rings is 2. The average molecular weight is 421 g/mol. The molecule has 31 heavy (non-hydrogen) atoms. The molecule has 1 atom stereocenters. The number of pyridine rings is 1. The summed E-state index contributed by atoms with van der Waals surface area (Å²) in [5, 5.41) is 0.902. The van der Waals surface area contributed by atoms with Gasteiger partial charge in [0.05, 0.1) is 25.3 Å². The highest BCUT2D eigenvalue weighted by Gasteiger charge is 2.15. The van der Waals surface area contributed by atoms with Gasteiger partial charge in [-0.15, -0.1) is 0 Å². The van der Waals surface area contributed by atoms with Crippen LogP contribution in [-0.4, -0.2) is 25.1 Å². The normalized spacial score (nSPS) is 12.0. The number of ether oxygens (including phenoxy) is 2. The Bertz CT molecular complexity index is 1060. The van der Waals surface area contributed by atoms with E-state index in [1.165, 1.54) is 37.5 Å². The first-order valence-corrected chi connectivity index (χ1v) is 10.9. The summed E-state index contributed by atoms with van der Waals surface area (Å²) in [7, 11) is 3.23. The maximum atomic E-state index is 11.9. The summed E-state index contributed by atoms with van der Waals surface area (Å²) in [5.41, 5.74) is 10.3. The minimum atomic E-state index is -0.515. The Morgan fingerprint density at radius 2 is 1.84 bits per heavy atom. The molecule has 0 bridgehead atoms. The summed E-state index contributed by atoms with van der Waals surface area (Å²) in [5.74, 6) is 1.47. The Hall–Kier alpha value is -3.08. The van der Waals surface area contributed by atoms with Gasteiger partial charge in [-0.1, -0.05) is 39.2 Å². The molecule has 164 valence electrons. The summed E-state index contributed by atoms with van der Waals surface area (Å²) >= 11 is 0. The van der Waals surface area contributed by atoms with E-state index in [0.29, 0.717) is 23.7 Å². The number of nitrogens with two attached hydrogens (primary N) is 1. The predicted octanol–water partition coefficient (Wildman–Crippen LogP) is 5.31. The second-order valence-corrected chi connectivity index (χ2v) is 8.04. The van der Waals surface area contributed by atoms with Crippen molar-refractivity contribution in [2.24, 2.45) is 11.7 Å². The van der Waals surface area contributed by atoms with Crippen molar-refractivity contribution in [2.75, 3.05) is 14.2 Å². The van der Waals surface area contributed by atoms with Gasteiger partial charge in [-0.25, -0.2) is 0 Å². The quantitative estimate of drug-likeness (QED) is 0.482. The number of aromatic nitrogens is 1. The number of carbonyl (C=O) groups excluding carboxylic acids is 1. The van der Waals surface area contributed by atoms with Gasteiger partial charge in [0, 0.05) is 17.6 Å². The van der Waals surface area contributed by atoms with Crippen molar-refractivity contribution in [3.05, 3.63) is 64.8 Å². The Morgan fingerprint density at radius 3 is 2.48 bits per heavy atom. The first kappa shape index (κ1) is 22.6. The van der Waals surface area contributed by atoms with E-state index in [1.807, 2.05) is 6.07 Å². The smallest absolute Gasteiger partial charge is 0.252 e. The van der Waals surface area contributed by atoms with Crippen molar-refractivity contribution in [1.82, 2.24) is 4.98 Å². The third-order valence-corrected chi connectivity index (χ3v) is 5.87. The van der Waals surface area contributed by atoms with Crippen molar-refractivity contribution in [2.45, 2.75) is 46.0 Å². The molecule has 0 aliphatic carbocycles. The summed E-state index contributed by atoms with van der Waals surface area (Å²) in [6.07, 6.45) is 7.15. The molecule has 2 N–H and O–H groups in total. The molecule has 1 aromatic heterocycles. The Kier molecular flexibility index (Phi) is 7.50. The van der Waals surface area contributed by atoms with Crippen LogP contribution in [0, 0.1) is 5.92 Å². The third-order valence-electron chi connectivity index (χ3n) is 5.87. The predicted molar refractivity (Wildman–Crippen MR) is 125 cm³/mol. The van der Waals surface area contributed by atoms with Gasteiger partial charge in [0.25, 0.3) is 5.91 Å². The van der Waals surface area contributed by atoms with Crippen LogP contribution in [-0.2, 0) is 12.8 Å².